The zero-order chi connectivity index (χ0) is 15.8. The molecular formula is C10H8F6N2O2. The second kappa shape index (κ2) is 4.84. The molecule has 0 fully saturated rings. The molecule has 1 heterocycles. The second-order valence-electron chi connectivity index (χ2n) is 3.96. The molecule has 0 saturated heterocycles. The summed E-state index contributed by atoms with van der Waals surface area (Å²) in [5.74, 6) is -3.13. The van der Waals surface area contributed by atoms with Gasteiger partial charge in [-0.15, -0.1) is 0 Å². The Morgan fingerprint density at radius 1 is 1.20 bits per heavy atom. The monoisotopic (exact) mass is 302 g/mol. The van der Waals surface area contributed by atoms with Crippen molar-refractivity contribution in [3.8, 4) is 0 Å². The van der Waals surface area contributed by atoms with Crippen molar-refractivity contribution in [2.75, 3.05) is 5.32 Å². The first-order chi connectivity index (χ1) is 8.88. The summed E-state index contributed by atoms with van der Waals surface area (Å²) in [5.41, 5.74) is -4.89. The maximum absolute atomic E-state index is 12.7. The minimum absolute atomic E-state index is 0.289. The Balaban J connectivity index is 3.18. The van der Waals surface area contributed by atoms with Gasteiger partial charge in [0.15, 0.2) is 0 Å². The van der Waals surface area contributed by atoms with Gasteiger partial charge in [0.25, 0.3) is 0 Å². The van der Waals surface area contributed by atoms with Gasteiger partial charge < -0.3 is 10.4 Å². The van der Waals surface area contributed by atoms with Crippen LogP contribution in [0.2, 0.25) is 0 Å². The fourth-order valence-electron chi connectivity index (χ4n) is 1.16. The van der Waals surface area contributed by atoms with Gasteiger partial charge in [-0.05, 0) is 19.1 Å². The summed E-state index contributed by atoms with van der Waals surface area (Å²) >= 11 is 0. The van der Waals surface area contributed by atoms with E-state index in [1.54, 1.807) is 0 Å². The van der Waals surface area contributed by atoms with Crippen LogP contribution in [0.4, 0.5) is 32.2 Å². The highest BCUT2D eigenvalue weighted by molar-refractivity contribution is 5.83. The molecule has 20 heavy (non-hydrogen) atoms. The predicted molar refractivity (Wildman–Crippen MR) is 55.0 cm³/mol. The first-order valence-corrected chi connectivity index (χ1v) is 5.00. The van der Waals surface area contributed by atoms with Gasteiger partial charge in [-0.1, -0.05) is 6.07 Å². The van der Waals surface area contributed by atoms with Gasteiger partial charge in [0.2, 0.25) is 5.54 Å². The number of aromatic nitrogens is 1. The SMILES string of the molecule is CC(Nc1cccc(C(F)(F)F)n1)(C(=O)O)C(F)(F)F. The largest absolute Gasteiger partial charge is 0.479 e. The summed E-state index contributed by atoms with van der Waals surface area (Å²) in [4.78, 5) is 13.6. The van der Waals surface area contributed by atoms with Gasteiger partial charge in [0, 0.05) is 0 Å². The normalized spacial score (nSPS) is 15.6. The zero-order valence-electron chi connectivity index (χ0n) is 9.80. The van der Waals surface area contributed by atoms with E-state index in [0.29, 0.717) is 6.07 Å². The standard InChI is InChI=1S/C10H8F6N2O2/c1-8(7(19)20,10(14,15)16)18-6-4-2-3-5(17-6)9(11,12)13/h2-4H,1H3,(H,17,18)(H,19,20). The molecule has 10 heteroatoms. The maximum atomic E-state index is 12.7. The van der Waals surface area contributed by atoms with Crippen LogP contribution in [0.5, 0.6) is 0 Å². The smallest absolute Gasteiger partial charge is 0.433 e. The Kier molecular flexibility index (Phi) is 3.88. The highest BCUT2D eigenvalue weighted by Crippen LogP contribution is 2.34. The van der Waals surface area contributed by atoms with E-state index in [0.717, 1.165) is 12.1 Å². The number of hydrogen-bond donors (Lipinski definition) is 2. The highest BCUT2D eigenvalue weighted by Gasteiger charge is 2.58. The lowest BCUT2D eigenvalue weighted by atomic mass is 10.0. The first-order valence-electron chi connectivity index (χ1n) is 5.00. The average Bonchev–Trinajstić information content (AvgIpc) is 2.26. The van der Waals surface area contributed by atoms with E-state index in [9.17, 15) is 31.1 Å². The average molecular weight is 302 g/mol. The number of rotatable bonds is 3. The molecule has 0 aromatic carbocycles. The van der Waals surface area contributed by atoms with Gasteiger partial charge in [0.1, 0.15) is 11.5 Å². The van der Waals surface area contributed by atoms with Crippen molar-refractivity contribution in [3.63, 3.8) is 0 Å². The Morgan fingerprint density at radius 2 is 1.75 bits per heavy atom. The molecule has 1 aromatic rings. The first kappa shape index (κ1) is 16.1. The Morgan fingerprint density at radius 3 is 2.15 bits per heavy atom. The molecule has 0 saturated carbocycles. The van der Waals surface area contributed by atoms with Crippen molar-refractivity contribution in [2.45, 2.75) is 24.8 Å². The number of carbonyl (C=O) groups is 1. The summed E-state index contributed by atoms with van der Waals surface area (Å²) in [5, 5.41) is 10.1. The molecular weight excluding hydrogens is 294 g/mol. The van der Waals surface area contributed by atoms with E-state index in [-0.39, 0.29) is 6.92 Å². The summed E-state index contributed by atoms with van der Waals surface area (Å²) in [6.45, 7) is 0.289. The molecule has 0 aliphatic carbocycles. The van der Waals surface area contributed by atoms with Gasteiger partial charge in [-0.3, -0.25) is 0 Å². The number of halogens is 6. The molecule has 0 bridgehead atoms. The van der Waals surface area contributed by atoms with E-state index in [1.165, 1.54) is 5.32 Å². The zero-order valence-corrected chi connectivity index (χ0v) is 9.80. The Hall–Kier alpha value is -2.00. The van der Waals surface area contributed by atoms with Crippen LogP contribution >= 0.6 is 0 Å². The molecule has 1 unspecified atom stereocenters. The van der Waals surface area contributed by atoms with Crippen LogP contribution in [0.25, 0.3) is 0 Å². The fourth-order valence-corrected chi connectivity index (χ4v) is 1.16. The van der Waals surface area contributed by atoms with Crippen LogP contribution in [0.15, 0.2) is 18.2 Å². The molecule has 2 N–H and O–H groups in total. The minimum atomic E-state index is -5.23. The summed E-state index contributed by atoms with van der Waals surface area (Å²) in [6, 6.07) is 2.18. The lowest BCUT2D eigenvalue weighted by Crippen LogP contribution is -2.55. The number of anilines is 1. The van der Waals surface area contributed by atoms with E-state index >= 15 is 0 Å². The van der Waals surface area contributed by atoms with Crippen molar-refractivity contribution in [1.29, 1.82) is 0 Å². The van der Waals surface area contributed by atoms with Crippen LogP contribution < -0.4 is 5.32 Å². The van der Waals surface area contributed by atoms with Crippen LogP contribution in [0.3, 0.4) is 0 Å². The topological polar surface area (TPSA) is 62.2 Å². The van der Waals surface area contributed by atoms with Gasteiger partial charge in [0.05, 0.1) is 0 Å². The molecule has 0 amide bonds. The van der Waals surface area contributed by atoms with Gasteiger partial charge >= 0.3 is 18.3 Å². The highest BCUT2D eigenvalue weighted by atomic mass is 19.4. The number of nitrogens with one attached hydrogen (secondary N) is 1. The van der Waals surface area contributed by atoms with Crippen LogP contribution in [0, 0.1) is 0 Å². The van der Waals surface area contributed by atoms with Crippen molar-refractivity contribution in [3.05, 3.63) is 23.9 Å². The van der Waals surface area contributed by atoms with Crippen LogP contribution in [-0.4, -0.2) is 27.8 Å². The Labute approximate surface area is 108 Å². The molecule has 1 atom stereocenters. The number of nitrogens with zero attached hydrogens (tertiary/aromatic N) is 1. The molecule has 1 aromatic heterocycles. The van der Waals surface area contributed by atoms with E-state index in [4.69, 9.17) is 5.11 Å². The van der Waals surface area contributed by atoms with Crippen LogP contribution in [0.1, 0.15) is 12.6 Å². The number of alkyl halides is 6. The van der Waals surface area contributed by atoms with Crippen LogP contribution in [-0.2, 0) is 11.0 Å². The maximum Gasteiger partial charge on any atom is 0.433 e. The number of pyridine rings is 1. The number of aliphatic carboxylic acids is 1. The predicted octanol–water partition coefficient (Wildman–Crippen LogP) is 2.92. The number of carboxylic acids is 1. The lowest BCUT2D eigenvalue weighted by molar-refractivity contribution is -0.192. The molecule has 0 radical (unpaired) electrons. The summed E-state index contributed by atoms with van der Waals surface area (Å²) in [6.07, 6.45) is -10.1. The second-order valence-corrected chi connectivity index (χ2v) is 3.96. The number of carboxylic acid groups (broad SMARTS) is 1. The minimum Gasteiger partial charge on any atom is -0.479 e. The van der Waals surface area contributed by atoms with Gasteiger partial charge in [-0.25, -0.2) is 9.78 Å². The fraction of sp³-hybridized carbons (Fsp3) is 0.400. The van der Waals surface area contributed by atoms with E-state index in [2.05, 4.69) is 4.98 Å². The van der Waals surface area contributed by atoms with E-state index < -0.39 is 35.4 Å². The van der Waals surface area contributed by atoms with Crippen molar-refractivity contribution < 1.29 is 36.2 Å². The third-order valence-electron chi connectivity index (χ3n) is 2.41. The lowest BCUT2D eigenvalue weighted by Gasteiger charge is -2.29. The third-order valence-corrected chi connectivity index (χ3v) is 2.41. The van der Waals surface area contributed by atoms with E-state index in [1.807, 2.05) is 0 Å². The molecule has 0 aliphatic rings. The Bertz CT molecular complexity index is 513. The van der Waals surface area contributed by atoms with Crippen molar-refractivity contribution >= 4 is 11.8 Å². The third kappa shape index (κ3) is 3.11. The summed E-state index contributed by atoms with van der Waals surface area (Å²) in [7, 11) is 0. The molecule has 1 rings (SSSR count). The molecule has 0 aliphatic heterocycles. The van der Waals surface area contributed by atoms with Crippen molar-refractivity contribution in [1.82, 2.24) is 4.98 Å². The molecule has 4 nitrogen and oxygen atoms in total. The molecule has 112 valence electrons. The quantitative estimate of drug-likeness (QED) is 0.843. The molecule has 0 spiro atoms. The summed E-state index contributed by atoms with van der Waals surface area (Å²) < 4.78 is 75.1. The van der Waals surface area contributed by atoms with Crippen molar-refractivity contribution in [2.24, 2.45) is 0 Å². The van der Waals surface area contributed by atoms with Gasteiger partial charge in [-0.2, -0.15) is 26.3 Å². The number of hydrogen-bond acceptors (Lipinski definition) is 3.